The lowest BCUT2D eigenvalue weighted by Crippen LogP contribution is -1.72. The minimum atomic E-state index is 1.15. The van der Waals surface area contributed by atoms with Crippen molar-refractivity contribution in [3.05, 3.63) is 29.5 Å². The third-order valence-electron chi connectivity index (χ3n) is 1.81. The number of aryl methyl sites for hydroxylation is 2. The van der Waals surface area contributed by atoms with Gasteiger partial charge >= 0.3 is 0 Å². The van der Waals surface area contributed by atoms with Gasteiger partial charge in [0, 0.05) is 5.39 Å². The van der Waals surface area contributed by atoms with E-state index in [1.54, 1.807) is 11.5 Å². The molecule has 70 valence electrons. The monoisotopic (exact) mass is 193 g/mol. The number of hydrogen-bond donors (Lipinski definition) is 0. The molecule has 0 aliphatic heterocycles. The predicted octanol–water partition coefficient (Wildman–Crippen LogP) is 3.94. The van der Waals surface area contributed by atoms with E-state index in [-0.39, 0.29) is 0 Å². The number of benzene rings is 1. The Labute approximate surface area is 83.6 Å². The predicted molar refractivity (Wildman–Crippen MR) is 60.4 cm³/mol. The molecule has 1 nitrogen and oxygen atoms in total. The van der Waals surface area contributed by atoms with E-state index in [2.05, 4.69) is 36.4 Å². The van der Waals surface area contributed by atoms with Crippen molar-refractivity contribution in [2.45, 2.75) is 27.7 Å². The zero-order chi connectivity index (χ0) is 9.84. The Morgan fingerprint density at radius 3 is 2.54 bits per heavy atom. The second-order valence-electron chi connectivity index (χ2n) is 2.77. The molecule has 0 unspecified atom stereocenters. The van der Waals surface area contributed by atoms with Gasteiger partial charge in [-0.15, -0.1) is 0 Å². The van der Waals surface area contributed by atoms with Crippen LogP contribution in [0.25, 0.3) is 10.1 Å². The summed E-state index contributed by atoms with van der Waals surface area (Å²) >= 11 is 1.57. The molecule has 13 heavy (non-hydrogen) atoms. The van der Waals surface area contributed by atoms with Crippen molar-refractivity contribution in [1.82, 2.24) is 4.37 Å². The first-order chi connectivity index (χ1) is 6.27. The molecule has 0 N–H and O–H groups in total. The highest BCUT2D eigenvalue weighted by Gasteiger charge is 1.99. The van der Waals surface area contributed by atoms with E-state index >= 15 is 0 Å². The van der Waals surface area contributed by atoms with Crippen molar-refractivity contribution in [3.8, 4) is 0 Å². The Morgan fingerprint density at radius 2 is 1.85 bits per heavy atom. The summed E-state index contributed by atoms with van der Waals surface area (Å²) in [4.78, 5) is 0. The average molecular weight is 193 g/mol. The summed E-state index contributed by atoms with van der Waals surface area (Å²) in [6, 6.07) is 6.45. The highest BCUT2D eigenvalue weighted by atomic mass is 32.1. The number of nitrogens with zero attached hydrogens (tertiary/aromatic N) is 1. The highest BCUT2D eigenvalue weighted by molar-refractivity contribution is 7.13. The summed E-state index contributed by atoms with van der Waals surface area (Å²) in [6.07, 6.45) is 0. The van der Waals surface area contributed by atoms with Gasteiger partial charge in [0.1, 0.15) is 0 Å². The average Bonchev–Trinajstić information content (AvgIpc) is 2.52. The Hall–Kier alpha value is -0.890. The molecule has 1 aromatic carbocycles. The van der Waals surface area contributed by atoms with E-state index in [9.17, 15) is 0 Å². The lowest BCUT2D eigenvalue weighted by molar-refractivity contribution is 1.37. The Kier molecular flexibility index (Phi) is 3.43. The minimum Gasteiger partial charge on any atom is -0.197 e. The molecule has 0 saturated heterocycles. The van der Waals surface area contributed by atoms with Crippen molar-refractivity contribution in [2.75, 3.05) is 0 Å². The summed E-state index contributed by atoms with van der Waals surface area (Å²) in [5, 5.41) is 1.30. The summed E-state index contributed by atoms with van der Waals surface area (Å²) < 4.78 is 5.56. The minimum absolute atomic E-state index is 1.15. The van der Waals surface area contributed by atoms with Crippen LogP contribution in [0.4, 0.5) is 0 Å². The van der Waals surface area contributed by atoms with Crippen molar-refractivity contribution in [2.24, 2.45) is 0 Å². The summed E-state index contributed by atoms with van der Waals surface area (Å²) in [5.41, 5.74) is 2.45. The first kappa shape index (κ1) is 10.2. The molecule has 0 amide bonds. The van der Waals surface area contributed by atoms with E-state index in [1.165, 1.54) is 15.6 Å². The van der Waals surface area contributed by atoms with Gasteiger partial charge in [-0.1, -0.05) is 25.5 Å². The molecule has 0 atom stereocenters. The smallest absolute Gasteiger partial charge is 0.0589 e. The van der Waals surface area contributed by atoms with Gasteiger partial charge in [-0.3, -0.25) is 0 Å². The van der Waals surface area contributed by atoms with Gasteiger partial charge in [0.2, 0.25) is 0 Å². The fourth-order valence-corrected chi connectivity index (χ4v) is 1.94. The van der Waals surface area contributed by atoms with Crippen LogP contribution >= 0.6 is 11.5 Å². The molecule has 1 aromatic heterocycles. The third-order valence-corrected chi connectivity index (χ3v) is 2.72. The Morgan fingerprint density at radius 1 is 1.15 bits per heavy atom. The van der Waals surface area contributed by atoms with Gasteiger partial charge in [0.15, 0.2) is 0 Å². The lowest BCUT2D eigenvalue weighted by Gasteiger charge is -1.91. The van der Waals surface area contributed by atoms with E-state index < -0.39 is 0 Å². The van der Waals surface area contributed by atoms with Gasteiger partial charge in [0.05, 0.1) is 10.4 Å². The van der Waals surface area contributed by atoms with Crippen LogP contribution in [0.3, 0.4) is 0 Å². The normalized spacial score (nSPS) is 9.54. The quantitative estimate of drug-likeness (QED) is 0.617. The Bertz CT molecular complexity index is 390. The number of aromatic nitrogens is 1. The van der Waals surface area contributed by atoms with Crippen LogP contribution in [0, 0.1) is 13.8 Å². The maximum absolute atomic E-state index is 4.28. The molecular weight excluding hydrogens is 178 g/mol. The number of rotatable bonds is 0. The molecule has 0 aliphatic carbocycles. The number of hydrogen-bond acceptors (Lipinski definition) is 2. The van der Waals surface area contributed by atoms with Gasteiger partial charge in [-0.05, 0) is 37.5 Å². The topological polar surface area (TPSA) is 12.9 Å². The van der Waals surface area contributed by atoms with Gasteiger partial charge in [-0.25, -0.2) is 0 Å². The molecule has 2 aromatic rings. The van der Waals surface area contributed by atoms with Crippen LogP contribution in [0.1, 0.15) is 25.1 Å². The second-order valence-corrected chi connectivity index (χ2v) is 3.57. The third kappa shape index (κ3) is 2.07. The summed E-state index contributed by atoms with van der Waals surface area (Å²) in [5.74, 6) is 0. The molecule has 2 heteroatoms. The molecule has 0 aliphatic rings. The zero-order valence-electron chi connectivity index (χ0n) is 8.59. The highest BCUT2D eigenvalue weighted by Crippen LogP contribution is 2.22. The maximum atomic E-state index is 4.28. The molecule has 1 heterocycles. The molecule has 0 fully saturated rings. The van der Waals surface area contributed by atoms with Crippen molar-refractivity contribution in [3.63, 3.8) is 0 Å². The van der Waals surface area contributed by atoms with Crippen LogP contribution in [-0.2, 0) is 0 Å². The van der Waals surface area contributed by atoms with Crippen LogP contribution in [0.5, 0.6) is 0 Å². The van der Waals surface area contributed by atoms with Gasteiger partial charge in [-0.2, -0.15) is 4.37 Å². The van der Waals surface area contributed by atoms with Gasteiger partial charge < -0.3 is 0 Å². The molecule has 2 rings (SSSR count). The molecular formula is C11H15NS. The van der Waals surface area contributed by atoms with E-state index in [4.69, 9.17) is 0 Å². The van der Waals surface area contributed by atoms with E-state index in [1.807, 2.05) is 13.8 Å². The maximum Gasteiger partial charge on any atom is 0.0589 e. The Balaban J connectivity index is 0.000000396. The number of fused-ring (bicyclic) bond motifs is 1. The van der Waals surface area contributed by atoms with Crippen molar-refractivity contribution < 1.29 is 0 Å². The van der Waals surface area contributed by atoms with E-state index in [0.29, 0.717) is 0 Å². The fraction of sp³-hybridized carbons (Fsp3) is 0.364. The summed E-state index contributed by atoms with van der Waals surface area (Å²) in [7, 11) is 0. The summed E-state index contributed by atoms with van der Waals surface area (Å²) in [6.45, 7) is 8.16. The van der Waals surface area contributed by atoms with Crippen LogP contribution in [0.2, 0.25) is 0 Å². The second kappa shape index (κ2) is 4.38. The molecule has 0 radical (unpaired) electrons. The fourth-order valence-electron chi connectivity index (χ4n) is 1.17. The zero-order valence-corrected chi connectivity index (χ0v) is 9.40. The van der Waals surface area contributed by atoms with Gasteiger partial charge in [0.25, 0.3) is 0 Å². The molecule has 0 saturated carbocycles. The van der Waals surface area contributed by atoms with Crippen molar-refractivity contribution in [1.29, 1.82) is 0 Å². The van der Waals surface area contributed by atoms with Crippen molar-refractivity contribution >= 4 is 21.6 Å². The first-order valence-electron chi connectivity index (χ1n) is 4.60. The molecule has 0 bridgehead atoms. The first-order valence-corrected chi connectivity index (χ1v) is 5.37. The largest absolute Gasteiger partial charge is 0.197 e. The van der Waals surface area contributed by atoms with Crippen LogP contribution in [0.15, 0.2) is 18.2 Å². The lowest BCUT2D eigenvalue weighted by atomic mass is 10.2. The van der Waals surface area contributed by atoms with E-state index in [0.717, 1.165) is 5.69 Å². The standard InChI is InChI=1S/C9H9NS.C2H6/c1-6-3-4-9-8(5-6)7(2)10-11-9;1-2/h3-5H,1-2H3;1-2H3. The molecule has 0 spiro atoms. The van der Waals surface area contributed by atoms with Crippen LogP contribution in [-0.4, -0.2) is 4.37 Å². The van der Waals surface area contributed by atoms with Crippen LogP contribution < -0.4 is 0 Å². The SMILES string of the molecule is CC.Cc1ccc2snc(C)c2c1.